The van der Waals surface area contributed by atoms with Crippen molar-refractivity contribution in [1.82, 2.24) is 0 Å². The van der Waals surface area contributed by atoms with Gasteiger partial charge in [0.2, 0.25) is 0 Å². The second kappa shape index (κ2) is 4.60. The van der Waals surface area contributed by atoms with E-state index in [2.05, 4.69) is 15.9 Å². The van der Waals surface area contributed by atoms with Gasteiger partial charge >= 0.3 is 0 Å². The Morgan fingerprint density at radius 1 is 1.36 bits per heavy atom. The van der Waals surface area contributed by atoms with Gasteiger partial charge in [0.05, 0.1) is 0 Å². The number of allylic oxidation sites excluding steroid dienone is 1. The Morgan fingerprint density at radius 2 is 2.00 bits per heavy atom. The largest absolute Gasteiger partial charge is 0.192 e. The minimum absolute atomic E-state index is 0.121. The summed E-state index contributed by atoms with van der Waals surface area (Å²) in [7, 11) is 0. The Labute approximate surface area is 91.2 Å². The van der Waals surface area contributed by atoms with Gasteiger partial charge in [-0.3, -0.25) is 0 Å². The van der Waals surface area contributed by atoms with Crippen LogP contribution in [0.1, 0.15) is 11.1 Å². The van der Waals surface area contributed by atoms with E-state index in [1.54, 1.807) is 6.08 Å². The normalized spacial score (nSPS) is 8.57. The molecule has 0 aliphatic carbocycles. The molecule has 0 fully saturated rings. The molecule has 0 bridgehead atoms. The van der Waals surface area contributed by atoms with Gasteiger partial charge in [-0.15, -0.1) is 0 Å². The van der Waals surface area contributed by atoms with Crippen LogP contribution in [0.3, 0.4) is 0 Å². The molecule has 14 heavy (non-hydrogen) atoms. The van der Waals surface area contributed by atoms with Crippen LogP contribution in [0, 0.1) is 29.6 Å². The van der Waals surface area contributed by atoms with E-state index in [9.17, 15) is 0 Å². The number of aryl methyl sites for hydroxylation is 1. The summed E-state index contributed by atoms with van der Waals surface area (Å²) in [4.78, 5) is 0. The molecule has 2 nitrogen and oxygen atoms in total. The first kappa shape index (κ1) is 10.5. The number of hydrogen-bond donors (Lipinski definition) is 0. The van der Waals surface area contributed by atoms with Crippen LogP contribution in [0.25, 0.3) is 6.08 Å². The Bertz CT molecular complexity index is 445. The summed E-state index contributed by atoms with van der Waals surface area (Å²) in [5.41, 5.74) is 2.05. The zero-order valence-electron chi connectivity index (χ0n) is 7.58. The molecule has 0 spiro atoms. The fraction of sp³-hybridized carbons (Fsp3) is 0.0909. The maximum atomic E-state index is 8.58. The van der Waals surface area contributed by atoms with Gasteiger partial charge in [-0.05, 0) is 36.3 Å². The van der Waals surface area contributed by atoms with Crippen molar-refractivity contribution in [2.45, 2.75) is 6.92 Å². The fourth-order valence-corrected chi connectivity index (χ4v) is 1.52. The molecule has 0 radical (unpaired) electrons. The first-order valence-corrected chi connectivity index (χ1v) is 4.74. The highest BCUT2D eigenvalue weighted by molar-refractivity contribution is 9.10. The summed E-state index contributed by atoms with van der Waals surface area (Å²) in [6.07, 6.45) is 1.59. The van der Waals surface area contributed by atoms with Crippen LogP contribution >= 0.6 is 15.9 Å². The van der Waals surface area contributed by atoms with E-state index in [4.69, 9.17) is 10.5 Å². The van der Waals surface area contributed by atoms with Crippen LogP contribution in [-0.4, -0.2) is 0 Å². The minimum atomic E-state index is 0.121. The van der Waals surface area contributed by atoms with Crippen LogP contribution in [0.15, 0.2) is 28.2 Å². The maximum absolute atomic E-state index is 8.58. The lowest BCUT2D eigenvalue weighted by Gasteiger charge is -1.99. The lowest BCUT2D eigenvalue weighted by atomic mass is 10.1. The predicted molar refractivity (Wildman–Crippen MR) is 58.1 cm³/mol. The van der Waals surface area contributed by atoms with Gasteiger partial charge in [0.25, 0.3) is 0 Å². The molecule has 1 aromatic carbocycles. The van der Waals surface area contributed by atoms with Crippen LogP contribution in [0.5, 0.6) is 0 Å². The highest BCUT2D eigenvalue weighted by Crippen LogP contribution is 2.17. The second-order valence-electron chi connectivity index (χ2n) is 2.78. The molecule has 3 heteroatoms. The van der Waals surface area contributed by atoms with E-state index in [1.807, 2.05) is 37.3 Å². The zero-order valence-corrected chi connectivity index (χ0v) is 9.17. The van der Waals surface area contributed by atoms with E-state index >= 15 is 0 Å². The molecule has 0 saturated carbocycles. The van der Waals surface area contributed by atoms with Gasteiger partial charge in [0.15, 0.2) is 0 Å². The molecule has 0 saturated heterocycles. The second-order valence-corrected chi connectivity index (χ2v) is 3.70. The van der Waals surface area contributed by atoms with E-state index in [-0.39, 0.29) is 5.57 Å². The van der Waals surface area contributed by atoms with Gasteiger partial charge in [0.1, 0.15) is 17.7 Å². The summed E-state index contributed by atoms with van der Waals surface area (Å²) in [6.45, 7) is 1.93. The molecule has 0 amide bonds. The van der Waals surface area contributed by atoms with Crippen molar-refractivity contribution in [2.24, 2.45) is 0 Å². The van der Waals surface area contributed by atoms with Gasteiger partial charge in [-0.2, -0.15) is 10.5 Å². The Balaban J connectivity index is 3.18. The van der Waals surface area contributed by atoms with Crippen molar-refractivity contribution < 1.29 is 0 Å². The molecule has 0 aromatic heterocycles. The van der Waals surface area contributed by atoms with Crippen LogP contribution in [0.2, 0.25) is 0 Å². The first-order chi connectivity index (χ1) is 6.67. The average Bonchev–Trinajstić information content (AvgIpc) is 2.17. The molecule has 0 aliphatic rings. The predicted octanol–water partition coefficient (Wildman–Crippen LogP) is 3.19. The fourth-order valence-electron chi connectivity index (χ4n) is 1.05. The quantitative estimate of drug-likeness (QED) is 0.715. The third kappa shape index (κ3) is 2.45. The van der Waals surface area contributed by atoms with E-state index in [0.717, 1.165) is 15.6 Å². The van der Waals surface area contributed by atoms with Crippen LogP contribution in [0.4, 0.5) is 0 Å². The molecule has 68 valence electrons. The Kier molecular flexibility index (Phi) is 3.45. The Hall–Kier alpha value is -1.58. The zero-order chi connectivity index (χ0) is 10.6. The maximum Gasteiger partial charge on any atom is 0.130 e. The smallest absolute Gasteiger partial charge is 0.130 e. The molecular weight excluding hydrogens is 240 g/mol. The molecule has 1 aromatic rings. The van der Waals surface area contributed by atoms with Crippen molar-refractivity contribution >= 4 is 22.0 Å². The van der Waals surface area contributed by atoms with E-state index < -0.39 is 0 Å². The number of nitriles is 2. The summed E-state index contributed by atoms with van der Waals surface area (Å²) in [6, 6.07) is 9.35. The summed E-state index contributed by atoms with van der Waals surface area (Å²) in [5.74, 6) is 0. The van der Waals surface area contributed by atoms with Gasteiger partial charge in [-0.25, -0.2) is 0 Å². The molecule has 0 aliphatic heterocycles. The monoisotopic (exact) mass is 246 g/mol. The average molecular weight is 247 g/mol. The molecule has 1 rings (SSSR count). The summed E-state index contributed by atoms with van der Waals surface area (Å²) < 4.78 is 0.989. The molecule has 0 N–H and O–H groups in total. The van der Waals surface area contributed by atoms with Crippen molar-refractivity contribution in [2.75, 3.05) is 0 Å². The third-order valence-electron chi connectivity index (χ3n) is 1.77. The summed E-state index contributed by atoms with van der Waals surface area (Å²) >= 11 is 3.35. The lowest BCUT2D eigenvalue weighted by Crippen LogP contribution is -1.82. The van der Waals surface area contributed by atoms with Gasteiger partial charge in [0, 0.05) is 4.47 Å². The van der Waals surface area contributed by atoms with E-state index in [1.165, 1.54) is 0 Å². The lowest BCUT2D eigenvalue weighted by molar-refractivity contribution is 1.41. The molecule has 0 atom stereocenters. The number of hydrogen-bond acceptors (Lipinski definition) is 2. The van der Waals surface area contributed by atoms with Crippen molar-refractivity contribution in [3.05, 3.63) is 39.4 Å². The van der Waals surface area contributed by atoms with E-state index in [0.29, 0.717) is 0 Å². The van der Waals surface area contributed by atoms with Crippen molar-refractivity contribution in [1.29, 1.82) is 10.5 Å². The SMILES string of the molecule is Cc1cc(Br)ccc1C=C(C#N)C#N. The van der Waals surface area contributed by atoms with Crippen molar-refractivity contribution in [3.63, 3.8) is 0 Å². The third-order valence-corrected chi connectivity index (χ3v) is 2.27. The molecule has 0 heterocycles. The number of nitrogens with zero attached hydrogens (tertiary/aromatic N) is 2. The number of rotatable bonds is 1. The van der Waals surface area contributed by atoms with Gasteiger partial charge in [-0.1, -0.05) is 22.0 Å². The van der Waals surface area contributed by atoms with Crippen LogP contribution in [-0.2, 0) is 0 Å². The summed E-state index contributed by atoms with van der Waals surface area (Å²) in [5, 5.41) is 17.2. The van der Waals surface area contributed by atoms with Crippen molar-refractivity contribution in [3.8, 4) is 12.1 Å². The topological polar surface area (TPSA) is 47.6 Å². The molecular formula is C11H7BrN2. The number of halogens is 1. The van der Waals surface area contributed by atoms with Crippen LogP contribution < -0.4 is 0 Å². The Morgan fingerprint density at radius 3 is 2.50 bits per heavy atom. The number of benzene rings is 1. The standard InChI is InChI=1S/C11H7BrN2/c1-8-4-11(12)3-2-10(8)5-9(6-13)7-14/h2-5H,1H3. The highest BCUT2D eigenvalue weighted by atomic mass is 79.9. The van der Waals surface area contributed by atoms with Gasteiger partial charge < -0.3 is 0 Å². The molecule has 0 unspecified atom stereocenters. The minimum Gasteiger partial charge on any atom is -0.192 e. The first-order valence-electron chi connectivity index (χ1n) is 3.95. The highest BCUT2D eigenvalue weighted by Gasteiger charge is 1.98.